The van der Waals surface area contributed by atoms with E-state index >= 15 is 0 Å². The van der Waals surface area contributed by atoms with Crippen LogP contribution in [0.5, 0.6) is 5.75 Å². The Hall–Kier alpha value is -2.58. The molecule has 0 aliphatic carbocycles. The number of methoxy groups -OCH3 is 1. The monoisotopic (exact) mass is 522 g/mol. The van der Waals surface area contributed by atoms with Crippen LogP contribution in [0.2, 0.25) is 25.7 Å². The second-order valence-corrected chi connectivity index (χ2v) is 16.2. The highest BCUT2D eigenvalue weighted by atomic mass is 32.2. The first-order chi connectivity index (χ1) is 15.6. The fraction of sp³-hybridized carbons (Fsp3) is 0.500. The van der Waals surface area contributed by atoms with Crippen molar-refractivity contribution in [3.8, 4) is 5.75 Å². The number of carbonyl (C=O) groups excluding carboxylic acids is 2. The number of rotatable bonds is 8. The predicted molar refractivity (Wildman–Crippen MR) is 118 cm³/mol. The Kier molecular flexibility index (Phi) is 7.06. The number of amides is 2. The molecular weight excluding hydrogens is 497 g/mol. The molecule has 0 aromatic heterocycles. The van der Waals surface area contributed by atoms with Gasteiger partial charge in [-0.3, -0.25) is 19.4 Å². The van der Waals surface area contributed by atoms with E-state index in [2.05, 4.69) is 23.8 Å². The van der Waals surface area contributed by atoms with Gasteiger partial charge >= 0.3 is 15.6 Å². The zero-order chi connectivity index (χ0) is 25.5. The molecule has 0 bridgehead atoms. The van der Waals surface area contributed by atoms with Crippen LogP contribution < -0.4 is 9.64 Å². The molecular formula is C20H25F3N2O7SSi. The summed E-state index contributed by atoms with van der Waals surface area (Å²) in [5.41, 5.74) is -5.37. The summed E-state index contributed by atoms with van der Waals surface area (Å²) in [6.07, 6.45) is 0.267. The number of hydrogen-bond acceptors (Lipinski definition) is 7. The molecule has 2 aliphatic rings. The summed E-state index contributed by atoms with van der Waals surface area (Å²) < 4.78 is 76.2. The molecule has 0 N–H and O–H groups in total. The van der Waals surface area contributed by atoms with Crippen molar-refractivity contribution in [3.05, 3.63) is 35.7 Å². The van der Waals surface area contributed by atoms with Gasteiger partial charge in [0.25, 0.3) is 11.8 Å². The quantitative estimate of drug-likeness (QED) is 0.223. The average molecular weight is 523 g/mol. The molecule has 1 aromatic rings. The zero-order valence-electron chi connectivity index (χ0n) is 19.0. The number of anilines is 1. The summed E-state index contributed by atoms with van der Waals surface area (Å²) in [6, 6.07) is 3.99. The van der Waals surface area contributed by atoms with Crippen LogP contribution in [0.15, 0.2) is 30.2 Å². The van der Waals surface area contributed by atoms with Gasteiger partial charge in [-0.25, -0.2) is 0 Å². The van der Waals surface area contributed by atoms with Gasteiger partial charge in [-0.2, -0.15) is 21.6 Å². The molecule has 14 heteroatoms. The van der Waals surface area contributed by atoms with Crippen LogP contribution in [0, 0.1) is 0 Å². The molecule has 1 unspecified atom stereocenters. The molecule has 188 valence electrons. The minimum absolute atomic E-state index is 0.0418. The lowest BCUT2D eigenvalue weighted by Crippen LogP contribution is -2.45. The first kappa shape index (κ1) is 26.0. The standard InChI is InChI=1S/C20H25F3N2O7SSi/c1-30-13-5-6-16-15(9-13)18(26)24-11-14(32-33(28,29)20(21,22)23)10-17(24)19(27)25(16)12-31-7-8-34(2,3)4/h5-6,9,11,17H,7-8,10,12H2,1-4H3. The predicted octanol–water partition coefficient (Wildman–Crippen LogP) is 3.28. The van der Waals surface area contributed by atoms with Crippen LogP contribution in [0.3, 0.4) is 0 Å². The summed E-state index contributed by atoms with van der Waals surface area (Å²) in [5, 5.41) is 0. The van der Waals surface area contributed by atoms with Crippen LogP contribution >= 0.6 is 0 Å². The summed E-state index contributed by atoms with van der Waals surface area (Å²) in [6.45, 7) is 6.66. The molecule has 34 heavy (non-hydrogen) atoms. The maximum atomic E-state index is 13.4. The molecule has 0 spiro atoms. The number of ether oxygens (including phenoxy) is 2. The van der Waals surface area contributed by atoms with Gasteiger partial charge in [0.05, 0.1) is 18.4 Å². The van der Waals surface area contributed by atoms with Crippen LogP contribution in [0.4, 0.5) is 18.9 Å². The first-order valence-corrected chi connectivity index (χ1v) is 15.4. The van der Waals surface area contributed by atoms with E-state index in [0.29, 0.717) is 12.4 Å². The molecule has 0 radical (unpaired) electrons. The van der Waals surface area contributed by atoms with Crippen LogP contribution in [-0.2, 0) is 23.8 Å². The number of nitrogens with zero attached hydrogens (tertiary/aromatic N) is 2. The third-order valence-corrected chi connectivity index (χ3v) is 7.95. The third-order valence-electron chi connectivity index (χ3n) is 5.24. The van der Waals surface area contributed by atoms with Gasteiger partial charge in [-0.15, -0.1) is 0 Å². The Morgan fingerprint density at radius 1 is 1.18 bits per heavy atom. The molecule has 1 atom stereocenters. The summed E-state index contributed by atoms with van der Waals surface area (Å²) in [5.74, 6) is -1.73. The fourth-order valence-electron chi connectivity index (χ4n) is 3.39. The first-order valence-electron chi connectivity index (χ1n) is 10.3. The van der Waals surface area contributed by atoms with Gasteiger partial charge < -0.3 is 13.7 Å². The minimum Gasteiger partial charge on any atom is -0.497 e. The number of benzene rings is 1. The van der Waals surface area contributed by atoms with Crippen molar-refractivity contribution >= 4 is 35.7 Å². The maximum Gasteiger partial charge on any atom is 0.534 e. The van der Waals surface area contributed by atoms with Crippen molar-refractivity contribution in [2.75, 3.05) is 25.3 Å². The number of hydrogen-bond donors (Lipinski definition) is 0. The molecule has 2 aliphatic heterocycles. The van der Waals surface area contributed by atoms with Crippen molar-refractivity contribution in [1.29, 1.82) is 0 Å². The van der Waals surface area contributed by atoms with Gasteiger partial charge in [-0.05, 0) is 24.2 Å². The molecule has 3 rings (SSSR count). The third kappa shape index (κ3) is 5.39. The maximum absolute atomic E-state index is 13.4. The lowest BCUT2D eigenvalue weighted by Gasteiger charge is -2.26. The Balaban J connectivity index is 1.94. The number of carbonyl (C=O) groups is 2. The minimum atomic E-state index is -5.96. The highest BCUT2D eigenvalue weighted by Gasteiger charge is 2.51. The molecule has 0 fully saturated rings. The lowest BCUT2D eigenvalue weighted by atomic mass is 10.1. The van der Waals surface area contributed by atoms with E-state index in [1.807, 2.05) is 0 Å². The van der Waals surface area contributed by atoms with Gasteiger partial charge in [0.15, 0.2) is 0 Å². The van der Waals surface area contributed by atoms with E-state index in [0.717, 1.165) is 17.1 Å². The van der Waals surface area contributed by atoms with Crippen LogP contribution in [0.25, 0.3) is 0 Å². The van der Waals surface area contributed by atoms with Gasteiger partial charge in [0.2, 0.25) is 0 Å². The molecule has 0 saturated heterocycles. The Morgan fingerprint density at radius 2 is 1.85 bits per heavy atom. The normalized spacial score (nSPS) is 18.9. The van der Waals surface area contributed by atoms with E-state index in [4.69, 9.17) is 9.47 Å². The summed E-state index contributed by atoms with van der Waals surface area (Å²) in [7, 11) is -5.99. The average Bonchev–Trinajstić information content (AvgIpc) is 3.11. The lowest BCUT2D eigenvalue weighted by molar-refractivity contribution is -0.123. The van der Waals surface area contributed by atoms with Crippen molar-refractivity contribution in [1.82, 2.24) is 4.90 Å². The van der Waals surface area contributed by atoms with Crippen molar-refractivity contribution in [2.45, 2.75) is 43.7 Å². The smallest absolute Gasteiger partial charge is 0.497 e. The second-order valence-electron chi connectivity index (χ2n) is 9.01. The zero-order valence-corrected chi connectivity index (χ0v) is 20.8. The number of fused-ring (bicyclic) bond motifs is 2. The van der Waals surface area contributed by atoms with E-state index in [1.165, 1.54) is 24.1 Å². The van der Waals surface area contributed by atoms with Crippen LogP contribution in [-0.4, -0.2) is 65.2 Å². The molecule has 2 amide bonds. The fourth-order valence-corrected chi connectivity index (χ4v) is 4.63. The van der Waals surface area contributed by atoms with Gasteiger partial charge in [0, 0.05) is 27.3 Å². The molecule has 1 aromatic carbocycles. The summed E-state index contributed by atoms with van der Waals surface area (Å²) >= 11 is 0. The SMILES string of the molecule is COc1ccc2c(c1)C(=O)N1C=C(OS(=O)(=O)C(F)(F)F)CC1C(=O)N2COCC[Si](C)(C)C. The topological polar surface area (TPSA) is 102 Å². The van der Waals surface area contributed by atoms with Crippen molar-refractivity contribution in [3.63, 3.8) is 0 Å². The Morgan fingerprint density at radius 3 is 2.44 bits per heavy atom. The largest absolute Gasteiger partial charge is 0.534 e. The number of alkyl halides is 3. The second kappa shape index (κ2) is 9.22. The molecule has 9 nitrogen and oxygen atoms in total. The van der Waals surface area contributed by atoms with Crippen LogP contribution in [0.1, 0.15) is 16.8 Å². The van der Waals surface area contributed by atoms with E-state index in [9.17, 15) is 31.2 Å². The molecule has 2 heterocycles. The van der Waals surface area contributed by atoms with Crippen molar-refractivity contribution in [2.24, 2.45) is 0 Å². The van der Waals surface area contributed by atoms with E-state index in [1.54, 1.807) is 6.07 Å². The highest BCUT2D eigenvalue weighted by molar-refractivity contribution is 7.87. The number of halogens is 3. The van der Waals surface area contributed by atoms with Gasteiger partial charge in [0.1, 0.15) is 24.3 Å². The van der Waals surface area contributed by atoms with Crippen molar-refractivity contribution < 1.29 is 44.8 Å². The Bertz CT molecular complexity index is 1120. The molecule has 0 saturated carbocycles. The Labute approximate surface area is 196 Å². The van der Waals surface area contributed by atoms with E-state index < -0.39 is 53.7 Å². The summed E-state index contributed by atoms with van der Waals surface area (Å²) in [4.78, 5) is 28.7. The highest BCUT2D eigenvalue weighted by Crippen LogP contribution is 2.37. The van der Waals surface area contributed by atoms with Gasteiger partial charge in [-0.1, -0.05) is 19.6 Å². The van der Waals surface area contributed by atoms with E-state index in [-0.39, 0.29) is 18.0 Å².